The van der Waals surface area contributed by atoms with E-state index >= 15 is 0 Å². The average Bonchev–Trinajstić information content (AvgIpc) is 3.65. The standard InChI is InChI=1S/C40H26N4O/c1-25-23-28(40-42-38(26-13-5-2-6-14-26)41-39(43-40)27-15-7-3-8-16-27)24-34-35(25)36-33(45-34)22-21-31-30-19-11-12-20-32(30)44(37(31)36)29-17-9-4-10-18-29/h2-24H,1H3. The van der Waals surface area contributed by atoms with Crippen LogP contribution < -0.4 is 0 Å². The first-order valence-electron chi connectivity index (χ1n) is 15.0. The molecule has 0 spiro atoms. The van der Waals surface area contributed by atoms with Gasteiger partial charge in [-0.1, -0.05) is 97.1 Å². The second kappa shape index (κ2) is 10.00. The summed E-state index contributed by atoms with van der Waals surface area (Å²) in [5.41, 5.74) is 8.95. The Bertz CT molecular complexity index is 2470. The summed E-state index contributed by atoms with van der Waals surface area (Å²) in [6.07, 6.45) is 0. The molecular formula is C40H26N4O. The van der Waals surface area contributed by atoms with Crippen LogP contribution in [0.2, 0.25) is 0 Å². The van der Waals surface area contributed by atoms with Crippen LogP contribution in [0.15, 0.2) is 144 Å². The number of hydrogen-bond donors (Lipinski definition) is 0. The molecule has 9 rings (SSSR count). The van der Waals surface area contributed by atoms with Gasteiger partial charge in [0.1, 0.15) is 11.2 Å². The van der Waals surface area contributed by atoms with Gasteiger partial charge in [-0.2, -0.15) is 0 Å². The highest BCUT2D eigenvalue weighted by molar-refractivity contribution is 6.25. The van der Waals surface area contributed by atoms with E-state index in [-0.39, 0.29) is 0 Å². The zero-order valence-corrected chi connectivity index (χ0v) is 24.5. The van der Waals surface area contributed by atoms with Crippen LogP contribution in [0.1, 0.15) is 5.56 Å². The minimum atomic E-state index is 0.608. The van der Waals surface area contributed by atoms with Crippen molar-refractivity contribution in [2.45, 2.75) is 6.92 Å². The normalized spacial score (nSPS) is 11.7. The zero-order chi connectivity index (χ0) is 29.9. The van der Waals surface area contributed by atoms with E-state index in [0.29, 0.717) is 17.5 Å². The molecule has 0 bridgehead atoms. The number of furan rings is 1. The number of hydrogen-bond acceptors (Lipinski definition) is 4. The van der Waals surface area contributed by atoms with Crippen LogP contribution in [0.5, 0.6) is 0 Å². The van der Waals surface area contributed by atoms with Gasteiger partial charge in [0.2, 0.25) is 0 Å². The summed E-state index contributed by atoms with van der Waals surface area (Å²) in [5, 5.41) is 4.62. The lowest BCUT2D eigenvalue weighted by Gasteiger charge is -2.10. The number of rotatable bonds is 4. The van der Waals surface area contributed by atoms with Crippen molar-refractivity contribution in [3.63, 3.8) is 0 Å². The van der Waals surface area contributed by atoms with Crippen LogP contribution in [-0.2, 0) is 0 Å². The number of aromatic nitrogens is 4. The summed E-state index contributed by atoms with van der Waals surface area (Å²) >= 11 is 0. The monoisotopic (exact) mass is 578 g/mol. The summed E-state index contributed by atoms with van der Waals surface area (Å²) in [6.45, 7) is 2.15. The molecule has 0 aliphatic heterocycles. The van der Waals surface area contributed by atoms with Crippen molar-refractivity contribution in [3.05, 3.63) is 145 Å². The van der Waals surface area contributed by atoms with Crippen molar-refractivity contribution < 1.29 is 4.42 Å². The second-order valence-corrected chi connectivity index (χ2v) is 11.3. The minimum absolute atomic E-state index is 0.608. The Balaban J connectivity index is 1.32. The molecule has 5 nitrogen and oxygen atoms in total. The quantitative estimate of drug-likeness (QED) is 0.208. The number of fused-ring (bicyclic) bond motifs is 7. The summed E-state index contributed by atoms with van der Waals surface area (Å²) in [6, 6.07) is 47.8. The highest BCUT2D eigenvalue weighted by Gasteiger charge is 2.21. The Hall–Kier alpha value is -6.07. The van der Waals surface area contributed by atoms with Gasteiger partial charge in [0.25, 0.3) is 0 Å². The molecule has 6 aromatic carbocycles. The number of para-hydroxylation sites is 2. The predicted octanol–water partition coefficient (Wildman–Crippen LogP) is 10.2. The number of benzene rings is 6. The smallest absolute Gasteiger partial charge is 0.164 e. The van der Waals surface area contributed by atoms with Crippen LogP contribution in [0.25, 0.3) is 83.6 Å². The van der Waals surface area contributed by atoms with Gasteiger partial charge in [0.05, 0.1) is 16.4 Å². The van der Waals surface area contributed by atoms with E-state index in [1.807, 2.05) is 60.7 Å². The molecule has 3 heterocycles. The van der Waals surface area contributed by atoms with Gasteiger partial charge in [-0.05, 0) is 55.0 Å². The lowest BCUT2D eigenvalue weighted by atomic mass is 10.0. The van der Waals surface area contributed by atoms with Gasteiger partial charge >= 0.3 is 0 Å². The lowest BCUT2D eigenvalue weighted by molar-refractivity contribution is 0.669. The Morgan fingerprint density at radius 1 is 0.489 bits per heavy atom. The van der Waals surface area contributed by atoms with E-state index in [2.05, 4.69) is 90.4 Å². The average molecular weight is 579 g/mol. The molecule has 5 heteroatoms. The first-order valence-corrected chi connectivity index (χ1v) is 15.0. The number of nitrogens with zero attached hydrogens (tertiary/aromatic N) is 4. The summed E-state index contributed by atoms with van der Waals surface area (Å²) in [5.74, 6) is 1.88. The molecule has 212 valence electrons. The van der Waals surface area contributed by atoms with E-state index in [1.54, 1.807) is 0 Å². The fourth-order valence-electron chi connectivity index (χ4n) is 6.55. The summed E-state index contributed by atoms with van der Waals surface area (Å²) < 4.78 is 9.00. The Morgan fingerprint density at radius 2 is 1.07 bits per heavy atom. The fraction of sp³-hybridized carbons (Fsp3) is 0.0250. The summed E-state index contributed by atoms with van der Waals surface area (Å²) in [7, 11) is 0. The molecule has 0 saturated heterocycles. The Kier molecular flexibility index (Phi) is 5.65. The van der Waals surface area contributed by atoms with E-state index < -0.39 is 0 Å². The molecule has 9 aromatic rings. The molecule has 0 radical (unpaired) electrons. The molecule has 0 saturated carbocycles. The van der Waals surface area contributed by atoms with Gasteiger partial charge in [-0.3, -0.25) is 0 Å². The number of aryl methyl sites for hydroxylation is 1. The van der Waals surface area contributed by atoms with Crippen molar-refractivity contribution in [3.8, 4) is 39.9 Å². The third-order valence-electron chi connectivity index (χ3n) is 8.54. The highest BCUT2D eigenvalue weighted by atomic mass is 16.3. The molecule has 45 heavy (non-hydrogen) atoms. The van der Waals surface area contributed by atoms with Gasteiger partial charge < -0.3 is 8.98 Å². The third-order valence-corrected chi connectivity index (χ3v) is 8.54. The topological polar surface area (TPSA) is 56.7 Å². The maximum absolute atomic E-state index is 6.64. The molecule has 3 aromatic heterocycles. The van der Waals surface area contributed by atoms with Crippen molar-refractivity contribution in [2.75, 3.05) is 0 Å². The van der Waals surface area contributed by atoms with E-state index in [9.17, 15) is 0 Å². The SMILES string of the molecule is Cc1cc(-c2nc(-c3ccccc3)nc(-c3ccccc3)n2)cc2oc3ccc4c5ccccc5n(-c5ccccc5)c4c3c12. The van der Waals surface area contributed by atoms with Crippen LogP contribution in [0.4, 0.5) is 0 Å². The van der Waals surface area contributed by atoms with Crippen LogP contribution in [0, 0.1) is 6.92 Å². The van der Waals surface area contributed by atoms with Gasteiger partial charge in [-0.25, -0.2) is 15.0 Å². The maximum Gasteiger partial charge on any atom is 0.164 e. The van der Waals surface area contributed by atoms with Crippen molar-refractivity contribution in [2.24, 2.45) is 0 Å². The molecule has 0 N–H and O–H groups in total. The maximum atomic E-state index is 6.64. The van der Waals surface area contributed by atoms with Crippen LogP contribution >= 0.6 is 0 Å². The minimum Gasteiger partial charge on any atom is -0.456 e. The van der Waals surface area contributed by atoms with Crippen molar-refractivity contribution >= 4 is 43.7 Å². The highest BCUT2D eigenvalue weighted by Crippen LogP contribution is 2.42. The molecule has 0 unspecified atom stereocenters. The van der Waals surface area contributed by atoms with Gasteiger partial charge in [0, 0.05) is 38.5 Å². The molecule has 0 fully saturated rings. The Morgan fingerprint density at radius 3 is 1.73 bits per heavy atom. The second-order valence-electron chi connectivity index (χ2n) is 11.3. The molecule has 0 aliphatic rings. The van der Waals surface area contributed by atoms with Crippen LogP contribution in [-0.4, -0.2) is 19.5 Å². The van der Waals surface area contributed by atoms with E-state index in [1.165, 1.54) is 16.3 Å². The van der Waals surface area contributed by atoms with E-state index in [4.69, 9.17) is 19.4 Å². The fourth-order valence-corrected chi connectivity index (χ4v) is 6.55. The lowest BCUT2D eigenvalue weighted by Crippen LogP contribution is -2.00. The van der Waals surface area contributed by atoms with Crippen LogP contribution in [0.3, 0.4) is 0 Å². The third kappa shape index (κ3) is 4.05. The van der Waals surface area contributed by atoms with E-state index in [0.717, 1.165) is 55.4 Å². The van der Waals surface area contributed by atoms with Crippen molar-refractivity contribution in [1.29, 1.82) is 0 Å². The van der Waals surface area contributed by atoms with Gasteiger partial charge in [-0.15, -0.1) is 0 Å². The first kappa shape index (κ1) is 25.4. The largest absolute Gasteiger partial charge is 0.456 e. The zero-order valence-electron chi connectivity index (χ0n) is 24.5. The molecule has 0 aliphatic carbocycles. The summed E-state index contributed by atoms with van der Waals surface area (Å²) in [4.78, 5) is 14.8. The molecule has 0 amide bonds. The molecule has 0 atom stereocenters. The van der Waals surface area contributed by atoms with Crippen molar-refractivity contribution in [1.82, 2.24) is 19.5 Å². The first-order chi connectivity index (χ1) is 22.2. The molecular weight excluding hydrogens is 552 g/mol. The Labute approximate surface area is 259 Å². The van der Waals surface area contributed by atoms with Gasteiger partial charge in [0.15, 0.2) is 17.5 Å². The predicted molar refractivity (Wildman–Crippen MR) is 182 cm³/mol.